The lowest BCUT2D eigenvalue weighted by Crippen LogP contribution is -2.60. The number of benzene rings is 1. The van der Waals surface area contributed by atoms with Gasteiger partial charge in [0.2, 0.25) is 35.4 Å². The highest BCUT2D eigenvalue weighted by atomic mass is 19.1. The van der Waals surface area contributed by atoms with Gasteiger partial charge in [0.15, 0.2) is 0 Å². The van der Waals surface area contributed by atoms with E-state index in [1.807, 2.05) is 0 Å². The molecule has 0 spiro atoms. The zero-order valence-corrected chi connectivity index (χ0v) is 30.9. The molecule has 4 fully saturated rings. The molecule has 0 unspecified atom stereocenters. The number of carbonyl (C=O) groups is 7. The van der Waals surface area contributed by atoms with E-state index in [1.165, 1.54) is 59.9 Å². The summed E-state index contributed by atoms with van der Waals surface area (Å²) in [6, 6.07) is -0.921. The van der Waals surface area contributed by atoms with E-state index in [0.717, 1.165) is 31.3 Å². The molecule has 15 heteroatoms. The Bertz CT molecular complexity index is 1620. The number of carbonyl (C=O) groups excluding carboxylic acids is 7. The molecule has 0 bridgehead atoms. The first kappa shape index (κ1) is 39.4. The van der Waals surface area contributed by atoms with Crippen molar-refractivity contribution >= 4 is 41.4 Å². The second kappa shape index (κ2) is 17.3. The lowest BCUT2D eigenvalue weighted by Gasteiger charge is -2.34. The maximum Gasteiger partial charge on any atom is 0.328 e. The fourth-order valence-corrected chi connectivity index (χ4v) is 7.49. The molecule has 1 saturated carbocycles. The molecular weight excluding hydrogens is 687 g/mol. The summed E-state index contributed by atoms with van der Waals surface area (Å²) in [5, 5.41) is 7.98. The van der Waals surface area contributed by atoms with Crippen LogP contribution < -0.4 is 16.0 Å². The highest BCUT2D eigenvalue weighted by molar-refractivity contribution is 5.98. The van der Waals surface area contributed by atoms with Crippen LogP contribution in [0.1, 0.15) is 77.7 Å². The molecule has 1 aromatic rings. The van der Waals surface area contributed by atoms with Gasteiger partial charge >= 0.3 is 5.97 Å². The van der Waals surface area contributed by atoms with E-state index in [-0.39, 0.29) is 31.5 Å². The Kier molecular flexibility index (Phi) is 12.9. The number of ether oxygens (including phenoxy) is 1. The summed E-state index contributed by atoms with van der Waals surface area (Å²) in [5.41, 5.74) is 1.11. The van der Waals surface area contributed by atoms with Crippen molar-refractivity contribution < 1.29 is 42.7 Å². The van der Waals surface area contributed by atoms with Crippen LogP contribution in [0.15, 0.2) is 35.9 Å². The summed E-state index contributed by atoms with van der Waals surface area (Å²) in [4.78, 5) is 99.3. The van der Waals surface area contributed by atoms with Gasteiger partial charge < -0.3 is 35.4 Å². The molecule has 5 rings (SSSR count). The second-order valence-electron chi connectivity index (χ2n) is 14.8. The predicted octanol–water partition coefficient (Wildman–Crippen LogP) is 1.36. The van der Waals surface area contributed by atoms with E-state index in [0.29, 0.717) is 25.2 Å². The normalized spacial score (nSPS) is 28.1. The van der Waals surface area contributed by atoms with E-state index in [1.54, 1.807) is 6.07 Å². The molecule has 6 atom stereocenters. The van der Waals surface area contributed by atoms with Crippen LogP contribution in [0, 0.1) is 11.7 Å². The predicted molar refractivity (Wildman–Crippen MR) is 190 cm³/mol. The number of allylic oxidation sites excluding steroid dienone is 1. The van der Waals surface area contributed by atoms with Crippen LogP contribution in [-0.2, 0) is 44.7 Å². The molecule has 4 aliphatic rings. The number of cyclic esters (lactones) is 1. The smallest absolute Gasteiger partial charge is 0.328 e. The zero-order valence-electron chi connectivity index (χ0n) is 30.9. The summed E-state index contributed by atoms with van der Waals surface area (Å²) in [5.74, 6) is -4.48. The highest BCUT2D eigenvalue weighted by Crippen LogP contribution is 2.28. The van der Waals surface area contributed by atoms with Gasteiger partial charge in [-0.1, -0.05) is 30.7 Å². The van der Waals surface area contributed by atoms with Crippen molar-refractivity contribution in [1.82, 2.24) is 30.7 Å². The van der Waals surface area contributed by atoms with E-state index >= 15 is 0 Å². The molecule has 1 aliphatic carbocycles. The minimum absolute atomic E-state index is 0.160. The highest BCUT2D eigenvalue weighted by Gasteiger charge is 2.43. The molecule has 6 amide bonds. The third kappa shape index (κ3) is 9.41. The Morgan fingerprint density at radius 2 is 1.57 bits per heavy atom. The summed E-state index contributed by atoms with van der Waals surface area (Å²) in [6.07, 6.45) is 6.15. The van der Waals surface area contributed by atoms with Gasteiger partial charge in [-0.2, -0.15) is 0 Å². The first-order valence-electron chi connectivity index (χ1n) is 18.6. The van der Waals surface area contributed by atoms with Gasteiger partial charge in [0.05, 0.1) is 0 Å². The summed E-state index contributed by atoms with van der Waals surface area (Å²) < 4.78 is 20.5. The van der Waals surface area contributed by atoms with Crippen LogP contribution >= 0.6 is 0 Å². The number of likely N-dealkylation sites (N-methyl/N-ethyl adjacent to an activating group) is 1. The lowest BCUT2D eigenvalue weighted by molar-refractivity contribution is -0.158. The van der Waals surface area contributed by atoms with Crippen LogP contribution in [0.5, 0.6) is 0 Å². The van der Waals surface area contributed by atoms with Gasteiger partial charge in [0.25, 0.3) is 0 Å². The fourth-order valence-electron chi connectivity index (χ4n) is 7.49. The number of hydrogen-bond donors (Lipinski definition) is 3. The van der Waals surface area contributed by atoms with Crippen molar-refractivity contribution in [2.45, 2.75) is 115 Å². The first-order chi connectivity index (χ1) is 25.2. The van der Waals surface area contributed by atoms with E-state index in [2.05, 4.69) is 22.9 Å². The van der Waals surface area contributed by atoms with Crippen LogP contribution in [0.25, 0.3) is 0 Å². The Hall–Kier alpha value is -4.82. The molecule has 3 N–H and O–H groups in total. The van der Waals surface area contributed by atoms with Crippen molar-refractivity contribution in [2.24, 2.45) is 5.92 Å². The molecule has 288 valence electrons. The maximum atomic E-state index is 14.9. The monoisotopic (exact) mass is 738 g/mol. The third-order valence-corrected chi connectivity index (χ3v) is 10.9. The minimum Gasteiger partial charge on any atom is -0.461 e. The Balaban J connectivity index is 1.44. The number of nitrogens with one attached hydrogen (secondary N) is 3. The molecule has 3 heterocycles. The van der Waals surface area contributed by atoms with Crippen molar-refractivity contribution in [2.75, 3.05) is 26.7 Å². The number of amides is 6. The Morgan fingerprint density at radius 1 is 0.925 bits per heavy atom. The van der Waals surface area contributed by atoms with E-state index < -0.39 is 90.1 Å². The number of nitrogens with zero attached hydrogens (tertiary/aromatic N) is 3. The van der Waals surface area contributed by atoms with Gasteiger partial charge in [-0.05, 0) is 82.8 Å². The topological polar surface area (TPSA) is 175 Å². The molecule has 53 heavy (non-hydrogen) atoms. The van der Waals surface area contributed by atoms with Crippen molar-refractivity contribution in [3.8, 4) is 0 Å². The van der Waals surface area contributed by atoms with E-state index in [9.17, 15) is 38.0 Å². The molecule has 0 radical (unpaired) electrons. The fraction of sp³-hybridized carbons (Fsp3) is 0.605. The maximum absolute atomic E-state index is 14.9. The number of esters is 1. The molecular formula is C38H51FN6O8. The molecule has 0 aromatic heterocycles. The van der Waals surface area contributed by atoms with Crippen molar-refractivity contribution in [3.63, 3.8) is 0 Å². The van der Waals surface area contributed by atoms with Gasteiger partial charge in [0.1, 0.15) is 48.7 Å². The summed E-state index contributed by atoms with van der Waals surface area (Å²) >= 11 is 0. The van der Waals surface area contributed by atoms with Crippen LogP contribution in [0.3, 0.4) is 0 Å². The van der Waals surface area contributed by atoms with Crippen LogP contribution in [0.4, 0.5) is 4.39 Å². The minimum atomic E-state index is -1.50. The average Bonchev–Trinajstić information content (AvgIpc) is 3.84. The van der Waals surface area contributed by atoms with Gasteiger partial charge in [-0.15, -0.1) is 0 Å². The first-order valence-corrected chi connectivity index (χ1v) is 18.6. The number of fused-ring (bicyclic) bond motifs is 2. The summed E-state index contributed by atoms with van der Waals surface area (Å²) in [7, 11) is 1.44. The van der Waals surface area contributed by atoms with Crippen LogP contribution in [0.2, 0.25) is 0 Å². The Morgan fingerprint density at radius 3 is 2.25 bits per heavy atom. The third-order valence-electron chi connectivity index (χ3n) is 10.9. The number of halogens is 1. The van der Waals surface area contributed by atoms with E-state index in [4.69, 9.17) is 4.74 Å². The van der Waals surface area contributed by atoms with Gasteiger partial charge in [0, 0.05) is 32.6 Å². The summed E-state index contributed by atoms with van der Waals surface area (Å²) in [6.45, 7) is 4.95. The van der Waals surface area contributed by atoms with Crippen molar-refractivity contribution in [1.29, 1.82) is 0 Å². The molecule has 3 aliphatic heterocycles. The quantitative estimate of drug-likeness (QED) is 0.290. The largest absolute Gasteiger partial charge is 0.461 e. The molecule has 1 aromatic carbocycles. The Labute approximate surface area is 309 Å². The number of rotatable bonds is 6. The second-order valence-corrected chi connectivity index (χ2v) is 14.8. The van der Waals surface area contributed by atoms with Gasteiger partial charge in [-0.3, -0.25) is 28.8 Å². The SMILES string of the molecule is CC1CCC(=CC(=O)N[C@@H](Cc2ccccc2F)C(=O)N[C@H]2COC(=O)[C@@H]3CCCN3C(=O)[C@H](C)NC(=O)[C@H](C)N(C)C(=O)[C@@H]3CCCN3C2=O)CC1. The standard InChI is InChI=1S/C38H51FN6O8/c1-22-13-15-25(16-14-22)19-32(46)41-28(20-26-9-5-6-10-27(26)39)34(48)42-29-21-53-38(52)31-12-8-18-45(31)35(49)23(2)40-33(47)24(3)43(4)37(51)30-11-7-17-44(30)36(29)50/h5-6,9-10,19,22-24,28-31H,7-8,11-18,20-21H2,1-4H3,(H,40,47)(H,41,46)(H,42,48)/t22?,23-,24-,28-,29-,30-,31-/m0/s1. The van der Waals surface area contributed by atoms with Crippen LogP contribution in [-0.4, -0.2) is 119 Å². The van der Waals surface area contributed by atoms with Gasteiger partial charge in [-0.25, -0.2) is 9.18 Å². The van der Waals surface area contributed by atoms with Crippen molar-refractivity contribution in [3.05, 3.63) is 47.3 Å². The zero-order chi connectivity index (χ0) is 38.4. The number of hydrogen-bond acceptors (Lipinski definition) is 8. The average molecular weight is 739 g/mol. The molecule has 3 saturated heterocycles. The molecule has 14 nitrogen and oxygen atoms in total. The lowest BCUT2D eigenvalue weighted by atomic mass is 9.87.